The molecule has 1 aliphatic heterocycles. The third kappa shape index (κ3) is 4.38. The van der Waals surface area contributed by atoms with E-state index in [9.17, 15) is 22.4 Å². The normalized spacial score (nSPS) is 24.8. The van der Waals surface area contributed by atoms with E-state index >= 15 is 0 Å². The van der Waals surface area contributed by atoms with Gasteiger partial charge in [-0.3, -0.25) is 9.59 Å². The molecule has 33 heavy (non-hydrogen) atoms. The van der Waals surface area contributed by atoms with Crippen LogP contribution in [0.25, 0.3) is 0 Å². The first-order valence-electron chi connectivity index (χ1n) is 11.0. The predicted octanol–water partition coefficient (Wildman–Crippen LogP) is 3.75. The molecule has 5 rings (SSSR count). The van der Waals surface area contributed by atoms with Crippen molar-refractivity contribution >= 4 is 33.3 Å². The quantitative estimate of drug-likeness (QED) is 0.668. The number of benzene rings is 2. The third-order valence-corrected chi connectivity index (χ3v) is 8.18. The van der Waals surface area contributed by atoms with Crippen molar-refractivity contribution in [2.45, 2.75) is 48.7 Å². The molecule has 1 saturated heterocycles. The summed E-state index contributed by atoms with van der Waals surface area (Å²) in [6.07, 6.45) is 4.26. The number of nitrogens with one attached hydrogen (secondary N) is 1. The summed E-state index contributed by atoms with van der Waals surface area (Å²) in [5.74, 6) is -0.711. The number of hydrogen-bond acceptors (Lipinski definition) is 4. The molecule has 0 spiro atoms. The number of fused-ring (bicyclic) bond motifs is 1. The third-order valence-electron chi connectivity index (χ3n) is 6.84. The highest BCUT2D eigenvalue weighted by molar-refractivity contribution is 7.90. The number of amides is 2. The number of carbonyl (C=O) groups is 2. The van der Waals surface area contributed by atoms with Crippen LogP contribution in [0.4, 0.5) is 4.39 Å². The molecule has 4 atom stereocenters. The van der Waals surface area contributed by atoms with Gasteiger partial charge in [-0.15, -0.1) is 0 Å². The lowest BCUT2D eigenvalue weighted by molar-refractivity contribution is -0.126. The van der Waals surface area contributed by atoms with Gasteiger partial charge in [-0.2, -0.15) is 0 Å². The topological polar surface area (TPSA) is 83.6 Å². The molecule has 0 aromatic heterocycles. The highest BCUT2D eigenvalue weighted by atomic mass is 35.5. The first kappa shape index (κ1) is 22.3. The number of likely N-dealkylation sites (tertiary alicyclic amines) is 1. The number of piperidine rings is 1. The summed E-state index contributed by atoms with van der Waals surface area (Å²) >= 11 is 5.89. The van der Waals surface area contributed by atoms with Crippen LogP contribution in [0.2, 0.25) is 5.02 Å². The van der Waals surface area contributed by atoms with Crippen LogP contribution in [0.15, 0.2) is 47.4 Å². The number of hydrogen-bond donors (Lipinski definition) is 1. The number of rotatable bonds is 6. The van der Waals surface area contributed by atoms with E-state index in [0.717, 1.165) is 25.5 Å². The van der Waals surface area contributed by atoms with Crippen molar-refractivity contribution in [1.29, 1.82) is 0 Å². The summed E-state index contributed by atoms with van der Waals surface area (Å²) in [7, 11) is -3.47. The largest absolute Gasteiger partial charge is 0.347 e. The molecule has 2 amide bonds. The van der Waals surface area contributed by atoms with Gasteiger partial charge in [0.25, 0.3) is 5.91 Å². The van der Waals surface area contributed by atoms with Crippen LogP contribution in [0, 0.1) is 17.7 Å². The fourth-order valence-corrected chi connectivity index (χ4v) is 5.70. The molecule has 1 N–H and O–H groups in total. The zero-order chi connectivity index (χ0) is 23.5. The molecule has 2 saturated carbocycles. The first-order valence-corrected chi connectivity index (χ1v) is 13.3. The second kappa shape index (κ2) is 8.09. The minimum atomic E-state index is -3.47. The molecule has 9 heteroatoms. The van der Waals surface area contributed by atoms with Crippen molar-refractivity contribution in [2.24, 2.45) is 11.8 Å². The van der Waals surface area contributed by atoms with Crippen LogP contribution in [-0.2, 0) is 14.6 Å². The Kier molecular flexibility index (Phi) is 5.48. The second-order valence-corrected chi connectivity index (χ2v) is 11.8. The van der Waals surface area contributed by atoms with E-state index in [1.807, 2.05) is 0 Å². The van der Waals surface area contributed by atoms with Gasteiger partial charge in [0.05, 0.1) is 10.9 Å². The smallest absolute Gasteiger partial charge is 0.254 e. The molecule has 174 valence electrons. The molecule has 1 heterocycles. The lowest BCUT2D eigenvalue weighted by Gasteiger charge is -2.29. The van der Waals surface area contributed by atoms with Gasteiger partial charge in [0.2, 0.25) is 5.91 Å². The molecule has 6 nitrogen and oxygen atoms in total. The SMILES string of the molecule is CS(=O)(=O)c1cccc(C(=O)N2[C@@H](C(=O)N[C@@H](c3ccc(Cl)cc3F)C3CC3)C[C@H]3C[C@H]32)c1. The molecule has 2 aromatic rings. The van der Waals surface area contributed by atoms with Crippen molar-refractivity contribution in [3.63, 3.8) is 0 Å². The average Bonchev–Trinajstić information content (AvgIpc) is 3.69. The van der Waals surface area contributed by atoms with E-state index in [1.165, 1.54) is 24.3 Å². The standard InChI is InChI=1S/C24H24ClFN2O4S/c1-33(31,32)17-4-2-3-14(9-17)24(30)28-20-10-15(20)11-21(28)23(29)27-22(13-5-6-13)18-8-7-16(25)12-19(18)26/h2-4,7-9,12-13,15,20-22H,5-6,10-11H2,1H3,(H,27,29)/t15-,20-,21-,22-/m1/s1. The van der Waals surface area contributed by atoms with E-state index in [0.29, 0.717) is 17.0 Å². The Morgan fingerprint density at radius 1 is 1.15 bits per heavy atom. The van der Waals surface area contributed by atoms with Crippen molar-refractivity contribution in [3.8, 4) is 0 Å². The highest BCUT2D eigenvalue weighted by Gasteiger charge is 2.56. The zero-order valence-corrected chi connectivity index (χ0v) is 19.6. The second-order valence-electron chi connectivity index (χ2n) is 9.32. The predicted molar refractivity (Wildman–Crippen MR) is 121 cm³/mol. The van der Waals surface area contributed by atoms with Gasteiger partial charge >= 0.3 is 0 Å². The first-order chi connectivity index (χ1) is 15.6. The summed E-state index contributed by atoms with van der Waals surface area (Å²) in [4.78, 5) is 28.3. The maximum atomic E-state index is 14.6. The monoisotopic (exact) mass is 490 g/mol. The van der Waals surface area contributed by atoms with E-state index in [1.54, 1.807) is 23.1 Å². The Bertz CT molecular complexity index is 1250. The zero-order valence-electron chi connectivity index (χ0n) is 18.0. The summed E-state index contributed by atoms with van der Waals surface area (Å²) in [5.41, 5.74) is 0.642. The molecular weight excluding hydrogens is 467 g/mol. The van der Waals surface area contributed by atoms with Gasteiger partial charge in [-0.1, -0.05) is 23.7 Å². The number of carbonyl (C=O) groups excluding carboxylic acids is 2. The lowest BCUT2D eigenvalue weighted by atomic mass is 10.0. The Balaban J connectivity index is 1.38. The average molecular weight is 491 g/mol. The molecule has 2 aromatic carbocycles. The number of halogens is 2. The van der Waals surface area contributed by atoms with Crippen LogP contribution in [0.3, 0.4) is 0 Å². The van der Waals surface area contributed by atoms with Gasteiger partial charge in [-0.05, 0) is 67.9 Å². The summed E-state index contributed by atoms with van der Waals surface area (Å²) in [6, 6.07) is 9.19. The van der Waals surface area contributed by atoms with Gasteiger partial charge in [0.1, 0.15) is 11.9 Å². The van der Waals surface area contributed by atoms with E-state index in [2.05, 4.69) is 5.32 Å². The van der Waals surface area contributed by atoms with E-state index in [4.69, 9.17) is 11.6 Å². The van der Waals surface area contributed by atoms with Crippen LogP contribution in [0.5, 0.6) is 0 Å². The van der Waals surface area contributed by atoms with Gasteiger partial charge in [-0.25, -0.2) is 12.8 Å². The fraction of sp³-hybridized carbons (Fsp3) is 0.417. The van der Waals surface area contributed by atoms with Crippen molar-refractivity contribution < 1.29 is 22.4 Å². The Morgan fingerprint density at radius 2 is 1.91 bits per heavy atom. The van der Waals surface area contributed by atoms with E-state index < -0.39 is 27.7 Å². The maximum absolute atomic E-state index is 14.6. The molecule has 3 aliphatic rings. The molecule has 0 radical (unpaired) electrons. The maximum Gasteiger partial charge on any atom is 0.254 e. The molecule has 2 aliphatic carbocycles. The lowest BCUT2D eigenvalue weighted by Crippen LogP contribution is -2.49. The molecular formula is C24H24ClFN2O4S. The van der Waals surface area contributed by atoms with Crippen LogP contribution < -0.4 is 5.32 Å². The van der Waals surface area contributed by atoms with E-state index in [-0.39, 0.29) is 40.2 Å². The van der Waals surface area contributed by atoms with Crippen LogP contribution >= 0.6 is 11.6 Å². The number of nitrogens with zero attached hydrogens (tertiary/aromatic N) is 1. The van der Waals surface area contributed by atoms with Crippen molar-refractivity contribution in [3.05, 3.63) is 64.4 Å². The Labute approximate surface area is 197 Å². The van der Waals surface area contributed by atoms with Crippen LogP contribution in [-0.4, -0.2) is 43.5 Å². The minimum Gasteiger partial charge on any atom is -0.347 e. The van der Waals surface area contributed by atoms with Gasteiger partial charge in [0, 0.05) is 28.4 Å². The minimum absolute atomic E-state index is 0.0261. The summed E-state index contributed by atoms with van der Waals surface area (Å²) in [6.45, 7) is 0. The Morgan fingerprint density at radius 3 is 2.58 bits per heavy atom. The van der Waals surface area contributed by atoms with Crippen molar-refractivity contribution in [2.75, 3.05) is 6.26 Å². The fourth-order valence-electron chi connectivity index (χ4n) is 4.87. The highest BCUT2D eigenvalue weighted by Crippen LogP contribution is 2.49. The van der Waals surface area contributed by atoms with Gasteiger partial charge < -0.3 is 10.2 Å². The van der Waals surface area contributed by atoms with Crippen LogP contribution in [0.1, 0.15) is 47.6 Å². The summed E-state index contributed by atoms with van der Waals surface area (Å²) in [5, 5.41) is 3.29. The molecule has 0 unspecified atom stereocenters. The molecule has 3 fully saturated rings. The van der Waals surface area contributed by atoms with Crippen molar-refractivity contribution in [1.82, 2.24) is 10.2 Å². The summed E-state index contributed by atoms with van der Waals surface area (Å²) < 4.78 is 38.4. The molecule has 0 bridgehead atoms. The van der Waals surface area contributed by atoms with Gasteiger partial charge in [0.15, 0.2) is 9.84 Å². The number of sulfone groups is 1. The Hall–Kier alpha value is -2.45.